The number of rotatable bonds is 12. The number of benzene rings is 2. The summed E-state index contributed by atoms with van der Waals surface area (Å²) < 4.78 is 26.8. The number of hydrogen-bond acceptors (Lipinski definition) is 8. The van der Waals surface area contributed by atoms with Crippen molar-refractivity contribution in [2.45, 2.75) is 24.2 Å². The van der Waals surface area contributed by atoms with Crippen molar-refractivity contribution in [2.75, 3.05) is 26.2 Å². The number of non-ortho nitro benzene ring substituents is 1. The molecule has 2 N–H and O–H groups in total. The largest absolute Gasteiger partial charge is 0.314 e. The lowest BCUT2D eigenvalue weighted by molar-refractivity contribution is -0.384. The summed E-state index contributed by atoms with van der Waals surface area (Å²) in [6.45, 7) is 0.879. The molecule has 0 spiro atoms. The van der Waals surface area contributed by atoms with Crippen LogP contribution < -0.4 is 4.72 Å². The molecule has 0 aliphatic carbocycles. The lowest BCUT2D eigenvalue weighted by Crippen LogP contribution is -2.33. The maximum Gasteiger partial charge on any atom is 0.269 e. The first-order valence-electron chi connectivity index (χ1n) is 10.3. The topological polar surface area (TPSA) is 150 Å². The van der Waals surface area contributed by atoms with E-state index >= 15 is 0 Å². The minimum Gasteiger partial charge on any atom is -0.314 e. The normalized spacial score (nSPS) is 13.6. The van der Waals surface area contributed by atoms with E-state index in [1.54, 1.807) is 24.3 Å². The number of fused-ring (bicyclic) bond motifs is 1. The van der Waals surface area contributed by atoms with Gasteiger partial charge in [-0.15, -0.1) is 0 Å². The molecule has 33 heavy (non-hydrogen) atoms. The van der Waals surface area contributed by atoms with Crippen LogP contribution in [0.25, 0.3) is 0 Å². The van der Waals surface area contributed by atoms with Crippen molar-refractivity contribution >= 4 is 27.5 Å². The minimum absolute atomic E-state index is 0.0648. The molecule has 2 aromatic rings. The van der Waals surface area contributed by atoms with E-state index in [2.05, 4.69) is 4.72 Å². The second kappa shape index (κ2) is 10.6. The van der Waals surface area contributed by atoms with E-state index in [1.807, 2.05) is 0 Å². The lowest BCUT2D eigenvalue weighted by atomic mass is 10.1. The molecule has 1 aliphatic heterocycles. The Kier molecular flexibility index (Phi) is 7.87. The Morgan fingerprint density at radius 2 is 1.52 bits per heavy atom. The van der Waals surface area contributed by atoms with Crippen LogP contribution in [0.4, 0.5) is 5.69 Å². The molecule has 2 aromatic carbocycles. The number of imide groups is 1. The molecule has 11 nitrogen and oxygen atoms in total. The van der Waals surface area contributed by atoms with Crippen LogP contribution in [0.2, 0.25) is 0 Å². The van der Waals surface area contributed by atoms with Crippen LogP contribution in [0, 0.1) is 10.1 Å². The zero-order valence-corrected chi connectivity index (χ0v) is 18.5. The highest BCUT2D eigenvalue weighted by atomic mass is 32.2. The predicted molar refractivity (Wildman–Crippen MR) is 117 cm³/mol. The summed E-state index contributed by atoms with van der Waals surface area (Å²) in [5.74, 6) is -0.666. The standard InChI is InChI=1S/C21H24N4O7S/c26-20-18-6-1-2-7-19(18)21(27)24(20)15-5-14-23(28)13-4-3-12-22-33(31,32)17-10-8-16(9-11-17)25(29)30/h1-2,6-11,22,28H,3-5,12-15H2. The monoisotopic (exact) mass is 476 g/mol. The Morgan fingerprint density at radius 3 is 2.09 bits per heavy atom. The van der Waals surface area contributed by atoms with Crippen LogP contribution >= 0.6 is 0 Å². The Labute approximate surface area is 190 Å². The van der Waals surface area contributed by atoms with Gasteiger partial charge in [0.15, 0.2) is 0 Å². The number of unbranched alkanes of at least 4 members (excludes halogenated alkanes) is 1. The molecule has 1 heterocycles. The van der Waals surface area contributed by atoms with Gasteiger partial charge in [0.25, 0.3) is 17.5 Å². The fourth-order valence-corrected chi connectivity index (χ4v) is 4.50. The van der Waals surface area contributed by atoms with Gasteiger partial charge in [0, 0.05) is 38.3 Å². The molecular weight excluding hydrogens is 452 g/mol. The number of nitro benzene ring substituents is 1. The van der Waals surface area contributed by atoms with Crippen molar-refractivity contribution in [2.24, 2.45) is 0 Å². The van der Waals surface area contributed by atoms with Gasteiger partial charge >= 0.3 is 0 Å². The third kappa shape index (κ3) is 5.99. The molecule has 12 heteroatoms. The van der Waals surface area contributed by atoms with Crippen molar-refractivity contribution in [1.82, 2.24) is 14.7 Å². The summed E-state index contributed by atoms with van der Waals surface area (Å²) >= 11 is 0. The van der Waals surface area contributed by atoms with Crippen molar-refractivity contribution in [3.05, 3.63) is 69.8 Å². The first-order chi connectivity index (χ1) is 15.7. The van der Waals surface area contributed by atoms with Gasteiger partial charge in [-0.05, 0) is 43.5 Å². The first-order valence-corrected chi connectivity index (χ1v) is 11.8. The number of nitrogens with one attached hydrogen (secondary N) is 1. The van der Waals surface area contributed by atoms with E-state index in [0.29, 0.717) is 36.9 Å². The Balaban J connectivity index is 1.33. The Bertz CT molecular complexity index is 1100. The van der Waals surface area contributed by atoms with Crippen LogP contribution in [0.5, 0.6) is 0 Å². The highest BCUT2D eigenvalue weighted by Crippen LogP contribution is 2.22. The molecule has 3 rings (SSSR count). The number of sulfonamides is 1. The summed E-state index contributed by atoms with van der Waals surface area (Å²) in [6.07, 6.45) is 1.36. The van der Waals surface area contributed by atoms with Crippen LogP contribution in [-0.4, -0.2) is 66.5 Å². The minimum atomic E-state index is -3.78. The zero-order valence-electron chi connectivity index (χ0n) is 17.7. The average molecular weight is 477 g/mol. The van der Waals surface area contributed by atoms with Gasteiger partial charge in [-0.2, -0.15) is 5.06 Å². The van der Waals surface area contributed by atoms with E-state index < -0.39 is 14.9 Å². The smallest absolute Gasteiger partial charge is 0.269 e. The van der Waals surface area contributed by atoms with Crippen LogP contribution in [0.1, 0.15) is 40.0 Å². The molecule has 0 unspecified atom stereocenters. The van der Waals surface area contributed by atoms with Gasteiger partial charge in [0.2, 0.25) is 10.0 Å². The fraction of sp³-hybridized carbons (Fsp3) is 0.333. The summed E-state index contributed by atoms with van der Waals surface area (Å²) in [5, 5.41) is 21.7. The molecule has 0 fully saturated rings. The number of hydroxylamine groups is 2. The highest BCUT2D eigenvalue weighted by Gasteiger charge is 2.34. The molecule has 2 amide bonds. The summed E-state index contributed by atoms with van der Waals surface area (Å²) in [5.41, 5.74) is 0.582. The molecular formula is C21H24N4O7S. The highest BCUT2D eigenvalue weighted by molar-refractivity contribution is 7.89. The molecule has 0 saturated carbocycles. The first kappa shape index (κ1) is 24.5. The molecule has 176 valence electrons. The van der Waals surface area contributed by atoms with Crippen LogP contribution in [0.3, 0.4) is 0 Å². The number of amides is 2. The zero-order chi connectivity index (χ0) is 24.0. The number of carbonyl (C=O) groups excluding carboxylic acids is 2. The summed E-state index contributed by atoms with van der Waals surface area (Å²) in [7, 11) is -3.78. The molecule has 0 saturated heterocycles. The van der Waals surface area contributed by atoms with Crippen LogP contribution in [-0.2, 0) is 10.0 Å². The third-order valence-corrected chi connectivity index (χ3v) is 6.65. The SMILES string of the molecule is O=C1c2ccccc2C(=O)N1CCCN(O)CCCCNS(=O)(=O)c1ccc([N+](=O)[O-])cc1. The second-order valence-corrected chi connectivity index (χ2v) is 9.24. The molecule has 0 radical (unpaired) electrons. The van der Waals surface area contributed by atoms with E-state index in [4.69, 9.17) is 0 Å². The number of hydrogen-bond donors (Lipinski definition) is 2. The number of nitrogens with zero attached hydrogens (tertiary/aromatic N) is 3. The van der Waals surface area contributed by atoms with E-state index in [9.17, 15) is 33.3 Å². The third-order valence-electron chi connectivity index (χ3n) is 5.17. The molecule has 0 atom stereocenters. The van der Waals surface area contributed by atoms with Crippen LogP contribution in [0.15, 0.2) is 53.4 Å². The summed E-state index contributed by atoms with van der Waals surface area (Å²) in [6, 6.07) is 11.2. The number of carbonyl (C=O) groups is 2. The lowest BCUT2D eigenvalue weighted by Gasteiger charge is -2.17. The predicted octanol–water partition coefficient (Wildman–Crippen LogP) is 2.03. The van der Waals surface area contributed by atoms with E-state index in [1.165, 1.54) is 17.0 Å². The van der Waals surface area contributed by atoms with Crippen molar-refractivity contribution in [3.63, 3.8) is 0 Å². The molecule has 0 aromatic heterocycles. The van der Waals surface area contributed by atoms with Crippen molar-refractivity contribution in [3.8, 4) is 0 Å². The quantitative estimate of drug-likeness (QED) is 0.204. The van der Waals surface area contributed by atoms with Gasteiger partial charge in [-0.1, -0.05) is 12.1 Å². The van der Waals surface area contributed by atoms with Crippen molar-refractivity contribution in [1.29, 1.82) is 0 Å². The second-order valence-electron chi connectivity index (χ2n) is 7.47. The van der Waals surface area contributed by atoms with Gasteiger partial charge in [-0.25, -0.2) is 13.1 Å². The van der Waals surface area contributed by atoms with Gasteiger partial charge in [0.05, 0.1) is 20.9 Å². The number of nitro groups is 1. The maximum atomic E-state index is 12.3. The Morgan fingerprint density at radius 1 is 0.939 bits per heavy atom. The van der Waals surface area contributed by atoms with E-state index in [-0.39, 0.29) is 42.0 Å². The van der Waals surface area contributed by atoms with Gasteiger partial charge in [0.1, 0.15) is 0 Å². The molecule has 1 aliphatic rings. The summed E-state index contributed by atoms with van der Waals surface area (Å²) in [4.78, 5) is 35.8. The van der Waals surface area contributed by atoms with Gasteiger partial charge < -0.3 is 5.21 Å². The van der Waals surface area contributed by atoms with Gasteiger partial charge in [-0.3, -0.25) is 24.6 Å². The fourth-order valence-electron chi connectivity index (χ4n) is 3.42. The Hall–Kier alpha value is -3.19. The molecule has 0 bridgehead atoms. The average Bonchev–Trinajstić information content (AvgIpc) is 3.04. The van der Waals surface area contributed by atoms with E-state index in [0.717, 1.165) is 17.2 Å². The maximum absolute atomic E-state index is 12.3. The van der Waals surface area contributed by atoms with Crippen molar-refractivity contribution < 1.29 is 28.1 Å².